The molecule has 3 rings (SSSR count). The Morgan fingerprint density at radius 1 is 1.41 bits per heavy atom. The molecule has 2 atom stereocenters. The summed E-state index contributed by atoms with van der Waals surface area (Å²) in [6.07, 6.45) is 9.20. The van der Waals surface area contributed by atoms with Crippen molar-refractivity contribution in [3.63, 3.8) is 0 Å². The van der Waals surface area contributed by atoms with Crippen LogP contribution in [0.25, 0.3) is 0 Å². The molecular weight excluding hydrogens is 321 g/mol. The third-order valence-corrected chi connectivity index (χ3v) is 4.91. The first kappa shape index (κ1) is 19.2. The van der Waals surface area contributed by atoms with Crippen LogP contribution in [0.1, 0.15) is 31.2 Å². The van der Waals surface area contributed by atoms with Crippen LogP contribution in [0.2, 0.25) is 0 Å². The molecule has 124 valence electrons. The van der Waals surface area contributed by atoms with Gasteiger partial charge in [0, 0.05) is 25.5 Å². The lowest BCUT2D eigenvalue weighted by molar-refractivity contribution is -0.133. The predicted molar refractivity (Wildman–Crippen MR) is 92.7 cm³/mol. The van der Waals surface area contributed by atoms with Crippen LogP contribution < -0.4 is 10.6 Å². The molecule has 0 unspecified atom stereocenters. The highest BCUT2D eigenvalue weighted by atomic mass is 35.5. The molecule has 2 aliphatic rings. The minimum Gasteiger partial charge on any atom is -0.355 e. The summed E-state index contributed by atoms with van der Waals surface area (Å²) in [7, 11) is 0. The maximum atomic E-state index is 12.6. The Morgan fingerprint density at radius 2 is 2.27 bits per heavy atom. The number of carbonyl (C=O) groups is 1. The van der Waals surface area contributed by atoms with Gasteiger partial charge in [-0.05, 0) is 43.4 Å². The fourth-order valence-corrected chi connectivity index (χ4v) is 3.73. The van der Waals surface area contributed by atoms with E-state index in [9.17, 15) is 4.79 Å². The highest BCUT2D eigenvalue weighted by Gasteiger charge is 2.49. The van der Waals surface area contributed by atoms with Gasteiger partial charge in [-0.2, -0.15) is 0 Å². The lowest BCUT2D eigenvalue weighted by atomic mass is 9.67. The van der Waals surface area contributed by atoms with Crippen LogP contribution in [-0.2, 0) is 11.2 Å². The van der Waals surface area contributed by atoms with Crippen LogP contribution in [-0.4, -0.2) is 30.5 Å². The van der Waals surface area contributed by atoms with Gasteiger partial charge in [-0.3, -0.25) is 9.78 Å². The molecule has 1 saturated carbocycles. The average Bonchev–Trinajstić information content (AvgIpc) is 2.93. The van der Waals surface area contributed by atoms with Gasteiger partial charge < -0.3 is 10.6 Å². The second-order valence-corrected chi connectivity index (χ2v) is 6.10. The SMILES string of the molecule is Cl.Cl.O=C(NCCc1cccnc1)[C@@]12CCCC[C@H]1CNC2. The molecule has 1 saturated heterocycles. The average molecular weight is 346 g/mol. The van der Waals surface area contributed by atoms with Crippen molar-refractivity contribution in [3.05, 3.63) is 30.1 Å². The molecule has 0 spiro atoms. The van der Waals surface area contributed by atoms with Crippen molar-refractivity contribution in [1.82, 2.24) is 15.6 Å². The third-order valence-electron chi connectivity index (χ3n) is 4.91. The number of nitrogens with zero attached hydrogens (tertiary/aromatic N) is 1. The highest BCUT2D eigenvalue weighted by molar-refractivity contribution is 5.85. The second kappa shape index (κ2) is 8.70. The molecule has 4 nitrogen and oxygen atoms in total. The number of fused-ring (bicyclic) bond motifs is 1. The summed E-state index contributed by atoms with van der Waals surface area (Å²) in [5.41, 5.74) is 1.04. The lowest BCUT2D eigenvalue weighted by Crippen LogP contribution is -2.48. The predicted octanol–water partition coefficient (Wildman–Crippen LogP) is 2.36. The van der Waals surface area contributed by atoms with Gasteiger partial charge in [-0.25, -0.2) is 0 Å². The fourth-order valence-electron chi connectivity index (χ4n) is 3.73. The van der Waals surface area contributed by atoms with Gasteiger partial charge in [-0.1, -0.05) is 18.9 Å². The zero-order chi connectivity index (χ0) is 13.8. The Kier molecular flexibility index (Phi) is 7.60. The van der Waals surface area contributed by atoms with Crippen molar-refractivity contribution in [2.75, 3.05) is 19.6 Å². The van der Waals surface area contributed by atoms with Gasteiger partial charge in [0.2, 0.25) is 5.91 Å². The number of rotatable bonds is 4. The minimum absolute atomic E-state index is 0. The molecule has 2 N–H and O–H groups in total. The van der Waals surface area contributed by atoms with Crippen molar-refractivity contribution in [2.24, 2.45) is 11.3 Å². The first-order valence-electron chi connectivity index (χ1n) is 7.69. The van der Waals surface area contributed by atoms with E-state index in [0.717, 1.165) is 25.9 Å². The summed E-state index contributed by atoms with van der Waals surface area (Å²) in [5, 5.41) is 6.58. The molecular formula is C16H25Cl2N3O. The van der Waals surface area contributed by atoms with E-state index in [1.807, 2.05) is 12.3 Å². The van der Waals surface area contributed by atoms with E-state index in [1.165, 1.54) is 24.8 Å². The molecule has 0 radical (unpaired) electrons. The number of amides is 1. The number of nitrogens with one attached hydrogen (secondary N) is 2. The van der Waals surface area contributed by atoms with Crippen LogP contribution in [0.5, 0.6) is 0 Å². The van der Waals surface area contributed by atoms with Crippen molar-refractivity contribution in [2.45, 2.75) is 32.1 Å². The molecule has 22 heavy (non-hydrogen) atoms. The summed E-state index contributed by atoms with van der Waals surface area (Å²) in [6.45, 7) is 2.57. The summed E-state index contributed by atoms with van der Waals surface area (Å²) < 4.78 is 0. The van der Waals surface area contributed by atoms with Crippen LogP contribution in [0.3, 0.4) is 0 Å². The molecule has 2 heterocycles. The second-order valence-electron chi connectivity index (χ2n) is 6.10. The number of hydrogen-bond acceptors (Lipinski definition) is 3. The molecule has 1 aliphatic carbocycles. The van der Waals surface area contributed by atoms with Crippen molar-refractivity contribution < 1.29 is 4.79 Å². The Hall–Kier alpha value is -0.840. The number of aromatic nitrogens is 1. The zero-order valence-electron chi connectivity index (χ0n) is 12.7. The largest absolute Gasteiger partial charge is 0.355 e. The quantitative estimate of drug-likeness (QED) is 0.880. The van der Waals surface area contributed by atoms with Crippen LogP contribution >= 0.6 is 24.8 Å². The first-order chi connectivity index (χ1) is 9.81. The molecule has 1 aromatic rings. The minimum atomic E-state index is -0.132. The number of pyridine rings is 1. The van der Waals surface area contributed by atoms with Gasteiger partial charge in [0.05, 0.1) is 5.41 Å². The molecule has 0 aromatic carbocycles. The van der Waals surface area contributed by atoms with Gasteiger partial charge in [0.1, 0.15) is 0 Å². The summed E-state index contributed by atoms with van der Waals surface area (Å²) in [4.78, 5) is 16.7. The maximum Gasteiger partial charge on any atom is 0.227 e. The van der Waals surface area contributed by atoms with E-state index < -0.39 is 0 Å². The van der Waals surface area contributed by atoms with E-state index in [2.05, 4.69) is 21.7 Å². The van der Waals surface area contributed by atoms with E-state index in [-0.39, 0.29) is 36.1 Å². The smallest absolute Gasteiger partial charge is 0.227 e. The Morgan fingerprint density at radius 3 is 3.05 bits per heavy atom. The molecule has 6 heteroatoms. The normalized spacial score (nSPS) is 26.3. The third kappa shape index (κ3) is 3.92. The van der Waals surface area contributed by atoms with Crippen LogP contribution in [0.15, 0.2) is 24.5 Å². The first-order valence-corrected chi connectivity index (χ1v) is 7.69. The highest BCUT2D eigenvalue weighted by Crippen LogP contribution is 2.43. The lowest BCUT2D eigenvalue weighted by Gasteiger charge is -2.37. The van der Waals surface area contributed by atoms with Gasteiger partial charge >= 0.3 is 0 Å². The summed E-state index contributed by atoms with van der Waals surface area (Å²) >= 11 is 0. The van der Waals surface area contributed by atoms with E-state index >= 15 is 0 Å². The van der Waals surface area contributed by atoms with Crippen LogP contribution in [0, 0.1) is 11.3 Å². The fraction of sp³-hybridized carbons (Fsp3) is 0.625. The maximum absolute atomic E-state index is 12.6. The molecule has 0 bridgehead atoms. The number of hydrogen-bond donors (Lipinski definition) is 2. The monoisotopic (exact) mass is 345 g/mol. The van der Waals surface area contributed by atoms with E-state index in [0.29, 0.717) is 12.5 Å². The van der Waals surface area contributed by atoms with E-state index in [4.69, 9.17) is 0 Å². The van der Waals surface area contributed by atoms with Crippen molar-refractivity contribution >= 4 is 30.7 Å². The standard InChI is InChI=1S/C16H23N3O.2ClH/c20-15(19-9-6-13-4-3-8-17-10-13)16-7-2-1-5-14(16)11-18-12-16;;/h3-4,8,10,14,18H,1-2,5-7,9,11-12H2,(H,19,20);2*1H/t14-,16+;;/m0../s1. The molecule has 1 aromatic heterocycles. The summed E-state index contributed by atoms with van der Waals surface area (Å²) in [6, 6.07) is 3.99. The van der Waals surface area contributed by atoms with Crippen LogP contribution in [0.4, 0.5) is 0 Å². The number of halogens is 2. The molecule has 1 aliphatic heterocycles. The van der Waals surface area contributed by atoms with E-state index in [1.54, 1.807) is 6.20 Å². The van der Waals surface area contributed by atoms with Gasteiger partial charge in [0.15, 0.2) is 0 Å². The molecule has 2 fully saturated rings. The van der Waals surface area contributed by atoms with Gasteiger partial charge in [0.25, 0.3) is 0 Å². The topological polar surface area (TPSA) is 54.0 Å². The van der Waals surface area contributed by atoms with Crippen molar-refractivity contribution in [1.29, 1.82) is 0 Å². The number of carbonyl (C=O) groups excluding carboxylic acids is 1. The van der Waals surface area contributed by atoms with Gasteiger partial charge in [-0.15, -0.1) is 24.8 Å². The molecule has 1 amide bonds. The Bertz CT molecular complexity index is 472. The Balaban J connectivity index is 0.00000121. The van der Waals surface area contributed by atoms with Crippen molar-refractivity contribution in [3.8, 4) is 0 Å². The summed E-state index contributed by atoms with van der Waals surface area (Å²) in [5.74, 6) is 0.797. The Labute approximate surface area is 144 Å². The zero-order valence-corrected chi connectivity index (χ0v) is 14.3.